The van der Waals surface area contributed by atoms with Crippen molar-refractivity contribution in [2.45, 2.75) is 12.6 Å². The van der Waals surface area contributed by atoms with Crippen molar-refractivity contribution in [1.82, 2.24) is 4.90 Å². The molecule has 5 heteroatoms. The monoisotopic (exact) mass is 266 g/mol. The van der Waals surface area contributed by atoms with E-state index in [0.29, 0.717) is 6.54 Å². The Morgan fingerprint density at radius 1 is 1.26 bits per heavy atom. The van der Waals surface area contributed by atoms with Gasteiger partial charge in [0.1, 0.15) is 0 Å². The summed E-state index contributed by atoms with van der Waals surface area (Å²) in [6, 6.07) is 8.07. The number of morpholine rings is 1. The molecule has 0 aliphatic carbocycles. The lowest BCUT2D eigenvalue weighted by Gasteiger charge is -2.27. The molecule has 1 atom stereocenters. The number of nitrogens with zero attached hydrogens (tertiary/aromatic N) is 1. The maximum atomic E-state index is 9.39. The first-order valence-corrected chi connectivity index (χ1v) is 6.70. The van der Waals surface area contributed by atoms with Gasteiger partial charge in [-0.1, -0.05) is 18.2 Å². The van der Waals surface area contributed by atoms with Crippen LogP contribution in [-0.4, -0.2) is 60.7 Å². The van der Waals surface area contributed by atoms with E-state index in [-0.39, 0.29) is 6.61 Å². The van der Waals surface area contributed by atoms with Gasteiger partial charge in [-0.2, -0.15) is 0 Å². The van der Waals surface area contributed by atoms with Gasteiger partial charge in [-0.15, -0.1) is 0 Å². The summed E-state index contributed by atoms with van der Waals surface area (Å²) >= 11 is 0. The highest BCUT2D eigenvalue weighted by molar-refractivity contribution is 5.51. The van der Waals surface area contributed by atoms with Gasteiger partial charge in [0.2, 0.25) is 0 Å². The van der Waals surface area contributed by atoms with Gasteiger partial charge in [-0.25, -0.2) is 0 Å². The number of hydrogen-bond acceptors (Lipinski definition) is 5. The number of para-hydroxylation sites is 1. The lowest BCUT2D eigenvalue weighted by molar-refractivity contribution is 0.0342. The Hall–Kier alpha value is -1.14. The zero-order valence-electron chi connectivity index (χ0n) is 11.1. The van der Waals surface area contributed by atoms with Crippen LogP contribution >= 0.6 is 0 Å². The maximum Gasteiger partial charge on any atom is 0.0942 e. The van der Waals surface area contributed by atoms with Crippen LogP contribution in [-0.2, 0) is 11.3 Å². The van der Waals surface area contributed by atoms with Crippen molar-refractivity contribution in [1.29, 1.82) is 0 Å². The lowest BCUT2D eigenvalue weighted by Crippen LogP contribution is -2.35. The Morgan fingerprint density at radius 2 is 2.00 bits per heavy atom. The third kappa shape index (κ3) is 4.47. The van der Waals surface area contributed by atoms with Gasteiger partial charge < -0.3 is 20.3 Å². The molecular formula is C14H22N2O3. The van der Waals surface area contributed by atoms with E-state index in [0.717, 1.165) is 38.5 Å². The molecule has 5 nitrogen and oxygen atoms in total. The zero-order valence-corrected chi connectivity index (χ0v) is 11.1. The summed E-state index contributed by atoms with van der Waals surface area (Å²) in [7, 11) is 0. The predicted octanol–water partition coefficient (Wildman–Crippen LogP) is 0.284. The van der Waals surface area contributed by atoms with Crippen molar-refractivity contribution >= 4 is 5.69 Å². The van der Waals surface area contributed by atoms with Crippen LogP contribution in [0.15, 0.2) is 24.3 Å². The minimum atomic E-state index is -0.726. The zero-order chi connectivity index (χ0) is 13.5. The first-order valence-electron chi connectivity index (χ1n) is 6.70. The molecule has 1 aromatic rings. The van der Waals surface area contributed by atoms with Crippen LogP contribution < -0.4 is 5.32 Å². The maximum absolute atomic E-state index is 9.39. The average Bonchev–Trinajstić information content (AvgIpc) is 2.47. The van der Waals surface area contributed by atoms with E-state index in [1.165, 1.54) is 5.56 Å². The van der Waals surface area contributed by atoms with Crippen LogP contribution in [0.4, 0.5) is 5.69 Å². The van der Waals surface area contributed by atoms with Crippen LogP contribution in [0, 0.1) is 0 Å². The number of aliphatic hydroxyl groups excluding tert-OH is 2. The Labute approximate surface area is 113 Å². The minimum Gasteiger partial charge on any atom is -0.394 e. The van der Waals surface area contributed by atoms with Gasteiger partial charge in [-0.3, -0.25) is 4.90 Å². The molecule has 1 aliphatic heterocycles. The fourth-order valence-corrected chi connectivity index (χ4v) is 2.12. The summed E-state index contributed by atoms with van der Waals surface area (Å²) in [4.78, 5) is 2.35. The summed E-state index contributed by atoms with van der Waals surface area (Å²) in [6.07, 6.45) is -0.726. The molecule has 1 fully saturated rings. The van der Waals surface area contributed by atoms with E-state index in [9.17, 15) is 5.11 Å². The Kier molecular flexibility index (Phi) is 5.60. The molecule has 2 rings (SSSR count). The highest BCUT2D eigenvalue weighted by Crippen LogP contribution is 2.17. The number of hydrogen-bond donors (Lipinski definition) is 3. The highest BCUT2D eigenvalue weighted by atomic mass is 16.5. The van der Waals surface area contributed by atoms with E-state index in [1.807, 2.05) is 18.2 Å². The molecule has 3 N–H and O–H groups in total. The number of benzene rings is 1. The molecule has 0 aromatic heterocycles. The third-order valence-corrected chi connectivity index (χ3v) is 3.25. The van der Waals surface area contributed by atoms with Crippen molar-refractivity contribution in [2.24, 2.45) is 0 Å². The molecule has 0 spiro atoms. The van der Waals surface area contributed by atoms with E-state index >= 15 is 0 Å². The van der Waals surface area contributed by atoms with Crippen molar-refractivity contribution in [2.75, 3.05) is 44.8 Å². The van der Waals surface area contributed by atoms with E-state index in [1.54, 1.807) is 0 Å². The summed E-state index contributed by atoms with van der Waals surface area (Å²) in [5.41, 5.74) is 2.22. The van der Waals surface area contributed by atoms with Gasteiger partial charge in [0.25, 0.3) is 0 Å². The molecule has 1 unspecified atom stereocenters. The first kappa shape index (κ1) is 14.3. The molecule has 106 valence electrons. The number of rotatable bonds is 6. The Bertz CT molecular complexity index is 381. The molecular weight excluding hydrogens is 244 g/mol. The fraction of sp³-hybridized carbons (Fsp3) is 0.571. The average molecular weight is 266 g/mol. The topological polar surface area (TPSA) is 65.0 Å². The summed E-state index contributed by atoms with van der Waals surface area (Å²) in [5.74, 6) is 0. The van der Waals surface area contributed by atoms with Gasteiger partial charge in [0.15, 0.2) is 0 Å². The van der Waals surface area contributed by atoms with Crippen molar-refractivity contribution < 1.29 is 14.9 Å². The molecule has 1 aromatic carbocycles. The second kappa shape index (κ2) is 7.45. The number of anilines is 1. The van der Waals surface area contributed by atoms with Gasteiger partial charge >= 0.3 is 0 Å². The normalized spacial score (nSPS) is 18.2. The van der Waals surface area contributed by atoms with Gasteiger partial charge in [0.05, 0.1) is 25.9 Å². The summed E-state index contributed by atoms with van der Waals surface area (Å²) < 4.78 is 5.34. The molecule has 0 bridgehead atoms. The largest absolute Gasteiger partial charge is 0.394 e. The quantitative estimate of drug-likeness (QED) is 0.690. The standard InChI is InChI=1S/C14H22N2O3/c17-11-13(18)9-15-14-4-2-1-3-12(14)10-16-5-7-19-8-6-16/h1-4,13,15,17-18H,5-11H2. The number of ether oxygens (including phenoxy) is 1. The number of aliphatic hydroxyl groups is 2. The number of nitrogens with one attached hydrogen (secondary N) is 1. The van der Waals surface area contributed by atoms with Crippen LogP contribution in [0.25, 0.3) is 0 Å². The van der Waals surface area contributed by atoms with Crippen molar-refractivity contribution in [3.8, 4) is 0 Å². The van der Waals surface area contributed by atoms with Crippen molar-refractivity contribution in [3.63, 3.8) is 0 Å². The molecule has 1 aliphatic rings. The van der Waals surface area contributed by atoms with Crippen LogP contribution in [0.1, 0.15) is 5.56 Å². The fourth-order valence-electron chi connectivity index (χ4n) is 2.12. The second-order valence-electron chi connectivity index (χ2n) is 4.76. The molecule has 19 heavy (non-hydrogen) atoms. The summed E-state index contributed by atoms with van der Waals surface area (Å²) in [6.45, 7) is 4.50. The first-order chi connectivity index (χ1) is 9.29. The molecule has 0 amide bonds. The molecule has 1 saturated heterocycles. The second-order valence-corrected chi connectivity index (χ2v) is 4.76. The third-order valence-electron chi connectivity index (χ3n) is 3.25. The summed E-state index contributed by atoms with van der Waals surface area (Å²) in [5, 5.41) is 21.4. The van der Waals surface area contributed by atoms with Crippen molar-refractivity contribution in [3.05, 3.63) is 29.8 Å². The van der Waals surface area contributed by atoms with Gasteiger partial charge in [0, 0.05) is 31.9 Å². The van der Waals surface area contributed by atoms with Crippen LogP contribution in [0.5, 0.6) is 0 Å². The highest BCUT2D eigenvalue weighted by Gasteiger charge is 2.12. The van der Waals surface area contributed by atoms with E-state index in [2.05, 4.69) is 16.3 Å². The van der Waals surface area contributed by atoms with E-state index < -0.39 is 6.10 Å². The smallest absolute Gasteiger partial charge is 0.0942 e. The Morgan fingerprint density at radius 3 is 2.74 bits per heavy atom. The van der Waals surface area contributed by atoms with Crippen LogP contribution in [0.2, 0.25) is 0 Å². The van der Waals surface area contributed by atoms with E-state index in [4.69, 9.17) is 9.84 Å². The Balaban J connectivity index is 1.94. The molecule has 0 radical (unpaired) electrons. The van der Waals surface area contributed by atoms with Gasteiger partial charge in [-0.05, 0) is 11.6 Å². The lowest BCUT2D eigenvalue weighted by atomic mass is 10.1. The predicted molar refractivity (Wildman–Crippen MR) is 74.1 cm³/mol. The minimum absolute atomic E-state index is 0.224. The van der Waals surface area contributed by atoms with Crippen LogP contribution in [0.3, 0.4) is 0 Å². The molecule has 1 heterocycles. The SMILES string of the molecule is OCC(O)CNc1ccccc1CN1CCOCC1. The molecule has 0 saturated carbocycles.